The average Bonchev–Trinajstić information content (AvgIpc) is 2.49. The molecule has 0 bridgehead atoms. The highest BCUT2D eigenvalue weighted by molar-refractivity contribution is 8.00. The van der Waals surface area contributed by atoms with Crippen molar-refractivity contribution in [2.45, 2.75) is 5.03 Å². The molecule has 1 heterocycles. The van der Waals surface area contributed by atoms with Crippen LogP contribution in [0.2, 0.25) is 0 Å². The van der Waals surface area contributed by atoms with Crippen molar-refractivity contribution in [1.82, 2.24) is 4.98 Å². The lowest BCUT2D eigenvalue weighted by Crippen LogP contribution is -2.15. The SMILES string of the molecule is O=C(CSc1ncccc1C(=O)O)Nc1ccc(F)c(F)c1. The van der Waals surface area contributed by atoms with E-state index in [-0.39, 0.29) is 22.0 Å². The maximum absolute atomic E-state index is 13.0. The average molecular weight is 324 g/mol. The fourth-order valence-corrected chi connectivity index (χ4v) is 2.36. The fraction of sp³-hybridized carbons (Fsp3) is 0.0714. The Morgan fingerprint density at radius 2 is 2.00 bits per heavy atom. The molecule has 0 aliphatic carbocycles. The number of carbonyl (C=O) groups is 2. The summed E-state index contributed by atoms with van der Waals surface area (Å²) in [5.41, 5.74) is 0.108. The Morgan fingerprint density at radius 3 is 2.68 bits per heavy atom. The summed E-state index contributed by atoms with van der Waals surface area (Å²) in [6.07, 6.45) is 1.42. The van der Waals surface area contributed by atoms with E-state index in [2.05, 4.69) is 10.3 Å². The largest absolute Gasteiger partial charge is 0.478 e. The lowest BCUT2D eigenvalue weighted by atomic mass is 10.3. The third-order valence-corrected chi connectivity index (χ3v) is 3.55. The van der Waals surface area contributed by atoms with E-state index >= 15 is 0 Å². The van der Waals surface area contributed by atoms with Crippen LogP contribution in [0.25, 0.3) is 0 Å². The molecule has 5 nitrogen and oxygen atoms in total. The number of amides is 1. The van der Waals surface area contributed by atoms with Gasteiger partial charge in [0.1, 0.15) is 5.03 Å². The Bertz CT molecular complexity index is 725. The van der Waals surface area contributed by atoms with Crippen molar-refractivity contribution < 1.29 is 23.5 Å². The van der Waals surface area contributed by atoms with Crippen LogP contribution in [0.4, 0.5) is 14.5 Å². The van der Waals surface area contributed by atoms with Crippen LogP contribution >= 0.6 is 11.8 Å². The Balaban J connectivity index is 1.98. The molecule has 2 aromatic rings. The predicted molar refractivity (Wildman–Crippen MR) is 76.9 cm³/mol. The molecule has 0 aliphatic heterocycles. The zero-order chi connectivity index (χ0) is 16.1. The molecule has 114 valence electrons. The number of nitrogens with one attached hydrogen (secondary N) is 1. The summed E-state index contributed by atoms with van der Waals surface area (Å²) in [4.78, 5) is 26.6. The number of nitrogens with zero attached hydrogens (tertiary/aromatic N) is 1. The van der Waals surface area contributed by atoms with Crippen LogP contribution in [0.5, 0.6) is 0 Å². The molecule has 1 amide bonds. The lowest BCUT2D eigenvalue weighted by Gasteiger charge is -2.06. The Morgan fingerprint density at radius 1 is 1.23 bits per heavy atom. The molecule has 1 aromatic heterocycles. The third-order valence-electron chi connectivity index (χ3n) is 2.54. The summed E-state index contributed by atoms with van der Waals surface area (Å²) in [7, 11) is 0. The van der Waals surface area contributed by atoms with E-state index < -0.39 is 23.5 Å². The molecule has 0 spiro atoms. The molecule has 0 atom stereocenters. The van der Waals surface area contributed by atoms with Crippen molar-refractivity contribution in [2.24, 2.45) is 0 Å². The van der Waals surface area contributed by atoms with E-state index in [0.29, 0.717) is 0 Å². The van der Waals surface area contributed by atoms with E-state index in [0.717, 1.165) is 23.9 Å². The van der Waals surface area contributed by atoms with Gasteiger partial charge < -0.3 is 10.4 Å². The van der Waals surface area contributed by atoms with Crippen molar-refractivity contribution in [3.8, 4) is 0 Å². The molecule has 0 radical (unpaired) electrons. The van der Waals surface area contributed by atoms with E-state index in [1.54, 1.807) is 0 Å². The number of halogens is 2. The number of benzene rings is 1. The molecule has 0 saturated carbocycles. The highest BCUT2D eigenvalue weighted by Crippen LogP contribution is 2.20. The lowest BCUT2D eigenvalue weighted by molar-refractivity contribution is -0.113. The number of aromatic nitrogens is 1. The molecular formula is C14H10F2N2O3S. The number of carboxylic acid groups (broad SMARTS) is 1. The third kappa shape index (κ3) is 4.01. The van der Waals surface area contributed by atoms with Gasteiger partial charge in [-0.25, -0.2) is 18.6 Å². The molecule has 0 unspecified atom stereocenters. The van der Waals surface area contributed by atoms with Gasteiger partial charge in [-0.1, -0.05) is 11.8 Å². The maximum Gasteiger partial charge on any atom is 0.338 e. The van der Waals surface area contributed by atoms with Gasteiger partial charge in [0.25, 0.3) is 0 Å². The minimum Gasteiger partial charge on any atom is -0.478 e. The molecule has 22 heavy (non-hydrogen) atoms. The monoisotopic (exact) mass is 324 g/mol. The first-order valence-corrected chi connectivity index (χ1v) is 7.02. The van der Waals surface area contributed by atoms with Gasteiger partial charge in [0.2, 0.25) is 5.91 Å². The quantitative estimate of drug-likeness (QED) is 0.827. The van der Waals surface area contributed by atoms with Gasteiger partial charge in [0, 0.05) is 18.0 Å². The van der Waals surface area contributed by atoms with Crippen LogP contribution in [0.3, 0.4) is 0 Å². The first kappa shape index (κ1) is 15.9. The molecule has 0 fully saturated rings. The fourth-order valence-electron chi connectivity index (χ4n) is 1.57. The number of thioether (sulfide) groups is 1. The minimum atomic E-state index is -1.14. The van der Waals surface area contributed by atoms with Gasteiger partial charge in [0.05, 0.1) is 11.3 Å². The van der Waals surface area contributed by atoms with E-state index in [1.807, 2.05) is 0 Å². The summed E-state index contributed by atoms with van der Waals surface area (Å²) in [5, 5.41) is 11.6. The van der Waals surface area contributed by atoms with Crippen LogP contribution in [0.1, 0.15) is 10.4 Å². The summed E-state index contributed by atoms with van der Waals surface area (Å²) in [5.74, 6) is -3.82. The summed E-state index contributed by atoms with van der Waals surface area (Å²) < 4.78 is 25.8. The number of rotatable bonds is 5. The first-order valence-electron chi connectivity index (χ1n) is 6.03. The van der Waals surface area contributed by atoms with Crippen molar-refractivity contribution in [2.75, 3.05) is 11.1 Å². The molecule has 2 rings (SSSR count). The van der Waals surface area contributed by atoms with Crippen molar-refractivity contribution in [1.29, 1.82) is 0 Å². The van der Waals surface area contributed by atoms with Crippen LogP contribution < -0.4 is 5.32 Å². The van der Waals surface area contributed by atoms with Crippen LogP contribution in [0, 0.1) is 11.6 Å². The van der Waals surface area contributed by atoms with E-state index in [4.69, 9.17) is 5.11 Å². The topological polar surface area (TPSA) is 79.3 Å². The molecule has 0 saturated heterocycles. The predicted octanol–water partition coefficient (Wildman–Crippen LogP) is 2.79. The summed E-state index contributed by atoms with van der Waals surface area (Å²) in [6, 6.07) is 5.85. The second-order valence-corrected chi connectivity index (χ2v) is 5.09. The summed E-state index contributed by atoms with van der Waals surface area (Å²) in [6.45, 7) is 0. The summed E-state index contributed by atoms with van der Waals surface area (Å²) >= 11 is 0.938. The Hall–Kier alpha value is -2.48. The standard InChI is InChI=1S/C14H10F2N2O3S/c15-10-4-3-8(6-11(10)16)18-12(19)7-22-13-9(14(20)21)2-1-5-17-13/h1-6H,7H2,(H,18,19)(H,20,21). The highest BCUT2D eigenvalue weighted by atomic mass is 32.2. The Kier molecular flexibility index (Phi) is 5.05. The number of hydrogen-bond acceptors (Lipinski definition) is 4. The maximum atomic E-state index is 13.0. The van der Waals surface area contributed by atoms with Crippen molar-refractivity contribution in [3.05, 3.63) is 53.7 Å². The zero-order valence-corrected chi connectivity index (χ0v) is 11.9. The van der Waals surface area contributed by atoms with Gasteiger partial charge in [0.15, 0.2) is 11.6 Å². The number of carbonyl (C=O) groups excluding carboxylic acids is 1. The van der Waals surface area contributed by atoms with Gasteiger partial charge >= 0.3 is 5.97 Å². The number of anilines is 1. The number of aromatic carboxylic acids is 1. The Labute approximate surface area is 128 Å². The van der Waals surface area contributed by atoms with Gasteiger partial charge in [-0.15, -0.1) is 0 Å². The molecule has 0 aliphatic rings. The zero-order valence-electron chi connectivity index (χ0n) is 11.0. The second kappa shape index (κ2) is 6.99. The molecule has 2 N–H and O–H groups in total. The van der Waals surface area contributed by atoms with Crippen molar-refractivity contribution >= 4 is 29.3 Å². The van der Waals surface area contributed by atoms with Crippen molar-refractivity contribution in [3.63, 3.8) is 0 Å². The number of pyridine rings is 1. The van der Waals surface area contributed by atoms with E-state index in [1.165, 1.54) is 24.4 Å². The smallest absolute Gasteiger partial charge is 0.338 e. The molecular weight excluding hydrogens is 314 g/mol. The van der Waals surface area contributed by atoms with E-state index in [9.17, 15) is 18.4 Å². The number of carboxylic acids is 1. The van der Waals surface area contributed by atoms with Crippen LogP contribution in [-0.4, -0.2) is 27.7 Å². The van der Waals surface area contributed by atoms with Gasteiger partial charge in [-0.2, -0.15) is 0 Å². The van der Waals surface area contributed by atoms with Crippen LogP contribution in [-0.2, 0) is 4.79 Å². The van der Waals surface area contributed by atoms with Crippen LogP contribution in [0.15, 0.2) is 41.6 Å². The minimum absolute atomic E-state index is 0.00636. The number of hydrogen-bond donors (Lipinski definition) is 2. The highest BCUT2D eigenvalue weighted by Gasteiger charge is 2.13. The molecule has 1 aromatic carbocycles. The van der Waals surface area contributed by atoms with Gasteiger partial charge in [-0.05, 0) is 24.3 Å². The van der Waals surface area contributed by atoms with Gasteiger partial charge in [-0.3, -0.25) is 4.79 Å². The second-order valence-electron chi connectivity index (χ2n) is 4.13. The normalized spacial score (nSPS) is 10.3. The first-order chi connectivity index (χ1) is 10.5. The molecule has 8 heteroatoms.